The van der Waals surface area contributed by atoms with Gasteiger partial charge in [-0.15, -0.1) is 0 Å². The summed E-state index contributed by atoms with van der Waals surface area (Å²) in [4.78, 5) is 0.0930. The Bertz CT molecular complexity index is 433. The highest BCUT2D eigenvalue weighted by Gasteiger charge is 2.16. The number of hydrogen-bond acceptors (Lipinski definition) is 2. The summed E-state index contributed by atoms with van der Waals surface area (Å²) in [7, 11) is -3.48. The molecule has 6 heteroatoms. The van der Waals surface area contributed by atoms with Crippen LogP contribution in [0.2, 0.25) is 5.02 Å². The number of rotatable bonds is 3. The third-order valence-corrected chi connectivity index (χ3v) is 4.04. The maximum Gasteiger partial charge on any atom is 0.242 e. The van der Waals surface area contributed by atoms with Crippen LogP contribution in [0.5, 0.6) is 0 Å². The van der Waals surface area contributed by atoms with Gasteiger partial charge in [0.2, 0.25) is 10.0 Å². The molecule has 0 aliphatic heterocycles. The fraction of sp³-hybridized carbons (Fsp3) is 0.250. The van der Waals surface area contributed by atoms with Crippen LogP contribution in [0.1, 0.15) is 6.92 Å². The molecule has 0 aromatic heterocycles. The van der Waals surface area contributed by atoms with Gasteiger partial charge in [0.05, 0.1) is 5.02 Å². The second kappa shape index (κ2) is 4.61. The lowest BCUT2D eigenvalue weighted by Crippen LogP contribution is -2.23. The molecule has 78 valence electrons. The van der Waals surface area contributed by atoms with Gasteiger partial charge in [-0.05, 0) is 18.2 Å². The van der Waals surface area contributed by atoms with Gasteiger partial charge in [0.15, 0.2) is 0 Å². The molecule has 0 radical (unpaired) electrons. The van der Waals surface area contributed by atoms with E-state index in [0.29, 0.717) is 11.0 Å². The first kappa shape index (κ1) is 12.0. The molecule has 1 rings (SSSR count). The molecule has 0 aliphatic rings. The first-order valence-corrected chi connectivity index (χ1v) is 6.57. The van der Waals surface area contributed by atoms with Gasteiger partial charge in [0.25, 0.3) is 0 Å². The maximum absolute atomic E-state index is 11.6. The zero-order valence-corrected chi connectivity index (χ0v) is 10.6. The minimum absolute atomic E-state index is 0.0930. The van der Waals surface area contributed by atoms with E-state index < -0.39 is 10.0 Å². The van der Waals surface area contributed by atoms with Gasteiger partial charge in [-0.25, -0.2) is 13.1 Å². The highest BCUT2D eigenvalue weighted by atomic mass is 79.9. The Balaban J connectivity index is 3.25. The molecular formula is C8H9BrClNO2S. The van der Waals surface area contributed by atoms with Crippen LogP contribution in [0.15, 0.2) is 27.6 Å². The highest BCUT2D eigenvalue weighted by Crippen LogP contribution is 2.24. The van der Waals surface area contributed by atoms with Crippen molar-refractivity contribution in [2.24, 2.45) is 0 Å². The van der Waals surface area contributed by atoms with Gasteiger partial charge in [-0.2, -0.15) is 0 Å². The molecule has 0 saturated carbocycles. The van der Waals surface area contributed by atoms with E-state index >= 15 is 0 Å². The monoisotopic (exact) mass is 297 g/mol. The predicted octanol–water partition coefficient (Wildman–Crippen LogP) is 2.40. The molecule has 1 N–H and O–H groups in total. The Labute approximate surface area is 96.6 Å². The third kappa shape index (κ3) is 2.70. The standard InChI is InChI=1S/C8H9BrClNO2S/c1-2-11-14(12,13)8-5-6(9)3-4-7(8)10/h3-5,11H,2H2,1H3. The van der Waals surface area contributed by atoms with Crippen molar-refractivity contribution in [2.75, 3.05) is 6.54 Å². The first-order valence-electron chi connectivity index (χ1n) is 3.92. The van der Waals surface area contributed by atoms with E-state index in [1.165, 1.54) is 12.1 Å². The highest BCUT2D eigenvalue weighted by molar-refractivity contribution is 9.10. The van der Waals surface area contributed by atoms with Crippen molar-refractivity contribution in [1.82, 2.24) is 4.72 Å². The van der Waals surface area contributed by atoms with Crippen molar-refractivity contribution in [3.05, 3.63) is 27.7 Å². The van der Waals surface area contributed by atoms with Crippen LogP contribution in [0.25, 0.3) is 0 Å². The van der Waals surface area contributed by atoms with Crippen molar-refractivity contribution < 1.29 is 8.42 Å². The van der Waals surface area contributed by atoms with Crippen LogP contribution in [-0.4, -0.2) is 15.0 Å². The van der Waals surface area contributed by atoms with Crippen LogP contribution in [0, 0.1) is 0 Å². The average Bonchev–Trinajstić information content (AvgIpc) is 2.09. The second-order valence-corrected chi connectivity index (χ2v) is 5.63. The van der Waals surface area contributed by atoms with E-state index in [2.05, 4.69) is 20.7 Å². The quantitative estimate of drug-likeness (QED) is 0.931. The molecule has 0 fully saturated rings. The summed E-state index contributed by atoms with van der Waals surface area (Å²) in [5.41, 5.74) is 0. The molecule has 1 aromatic carbocycles. The molecule has 0 bridgehead atoms. The molecule has 0 unspecified atom stereocenters. The summed E-state index contributed by atoms with van der Waals surface area (Å²) in [5.74, 6) is 0. The van der Waals surface area contributed by atoms with Crippen LogP contribution < -0.4 is 4.72 Å². The van der Waals surface area contributed by atoms with Crippen molar-refractivity contribution in [1.29, 1.82) is 0 Å². The third-order valence-electron chi connectivity index (χ3n) is 1.52. The average molecular weight is 299 g/mol. The molecule has 0 atom stereocenters. The van der Waals surface area contributed by atoms with Crippen molar-refractivity contribution >= 4 is 37.6 Å². The zero-order valence-electron chi connectivity index (χ0n) is 7.42. The maximum atomic E-state index is 11.6. The van der Waals surface area contributed by atoms with Crippen molar-refractivity contribution in [3.63, 3.8) is 0 Å². The summed E-state index contributed by atoms with van der Waals surface area (Å²) in [6.07, 6.45) is 0. The summed E-state index contributed by atoms with van der Waals surface area (Å²) in [6, 6.07) is 4.70. The van der Waals surface area contributed by atoms with Gasteiger partial charge < -0.3 is 0 Å². The van der Waals surface area contributed by atoms with Crippen LogP contribution in [0.4, 0.5) is 0 Å². The molecule has 0 saturated heterocycles. The fourth-order valence-corrected chi connectivity index (χ4v) is 3.03. The van der Waals surface area contributed by atoms with Crippen LogP contribution in [-0.2, 0) is 10.0 Å². The summed E-state index contributed by atoms with van der Waals surface area (Å²) >= 11 is 8.97. The molecule has 0 heterocycles. The summed E-state index contributed by atoms with van der Waals surface area (Å²) in [6.45, 7) is 2.05. The molecule has 0 spiro atoms. The Kier molecular flexibility index (Phi) is 3.94. The SMILES string of the molecule is CCNS(=O)(=O)c1cc(Br)ccc1Cl. The molecule has 3 nitrogen and oxygen atoms in total. The molecular weight excluding hydrogens is 290 g/mol. The Morgan fingerprint density at radius 3 is 2.71 bits per heavy atom. The molecule has 0 aliphatic carbocycles. The van der Waals surface area contributed by atoms with Gasteiger partial charge in [-0.3, -0.25) is 0 Å². The van der Waals surface area contributed by atoms with Gasteiger partial charge >= 0.3 is 0 Å². The zero-order chi connectivity index (χ0) is 10.8. The molecule has 1 aromatic rings. The van der Waals surface area contributed by atoms with E-state index in [9.17, 15) is 8.42 Å². The van der Waals surface area contributed by atoms with Gasteiger partial charge in [0, 0.05) is 11.0 Å². The minimum Gasteiger partial charge on any atom is -0.211 e. The van der Waals surface area contributed by atoms with Crippen molar-refractivity contribution in [3.8, 4) is 0 Å². The lowest BCUT2D eigenvalue weighted by atomic mass is 10.4. The largest absolute Gasteiger partial charge is 0.242 e. The normalized spacial score (nSPS) is 11.6. The number of sulfonamides is 1. The van der Waals surface area contributed by atoms with Crippen LogP contribution in [0.3, 0.4) is 0 Å². The second-order valence-electron chi connectivity index (χ2n) is 2.58. The molecule has 0 amide bonds. The molecule has 14 heavy (non-hydrogen) atoms. The summed E-state index contributed by atoms with van der Waals surface area (Å²) < 4.78 is 26.2. The topological polar surface area (TPSA) is 46.2 Å². The lowest BCUT2D eigenvalue weighted by molar-refractivity contribution is 0.584. The lowest BCUT2D eigenvalue weighted by Gasteiger charge is -2.06. The number of halogens is 2. The van der Waals surface area contributed by atoms with E-state index in [-0.39, 0.29) is 9.92 Å². The smallest absolute Gasteiger partial charge is 0.211 e. The first-order chi connectivity index (χ1) is 6.47. The van der Waals surface area contributed by atoms with E-state index in [1.54, 1.807) is 13.0 Å². The fourth-order valence-electron chi connectivity index (χ4n) is 0.951. The Morgan fingerprint density at radius 2 is 2.14 bits per heavy atom. The number of nitrogens with one attached hydrogen (secondary N) is 1. The predicted molar refractivity (Wildman–Crippen MR) is 60.0 cm³/mol. The summed E-state index contributed by atoms with van der Waals surface area (Å²) in [5, 5.41) is 0.217. The van der Waals surface area contributed by atoms with Crippen LogP contribution >= 0.6 is 27.5 Å². The van der Waals surface area contributed by atoms with Crippen molar-refractivity contribution in [2.45, 2.75) is 11.8 Å². The number of benzene rings is 1. The van der Waals surface area contributed by atoms with E-state index in [4.69, 9.17) is 11.6 Å². The Morgan fingerprint density at radius 1 is 1.50 bits per heavy atom. The van der Waals surface area contributed by atoms with Gasteiger partial charge in [-0.1, -0.05) is 34.5 Å². The van der Waals surface area contributed by atoms with E-state index in [1.807, 2.05) is 0 Å². The minimum atomic E-state index is -3.48. The van der Waals surface area contributed by atoms with Gasteiger partial charge in [0.1, 0.15) is 4.90 Å². The number of hydrogen-bond donors (Lipinski definition) is 1. The van der Waals surface area contributed by atoms with E-state index in [0.717, 1.165) is 0 Å². The Hall–Kier alpha value is -0.100.